The zero-order valence-electron chi connectivity index (χ0n) is 14.9. The molecule has 0 N–H and O–H groups in total. The zero-order chi connectivity index (χ0) is 16.9. The molecule has 128 valence electrons. The quantitative estimate of drug-likeness (QED) is 0.753. The van der Waals surface area contributed by atoms with E-state index >= 15 is 0 Å². The summed E-state index contributed by atoms with van der Waals surface area (Å²) in [6.45, 7) is 10.9. The van der Waals surface area contributed by atoms with Crippen molar-refractivity contribution in [3.8, 4) is 5.75 Å². The van der Waals surface area contributed by atoms with E-state index in [4.69, 9.17) is 14.2 Å². The fraction of sp³-hybridized carbons (Fsp3) is 0.632. The minimum Gasteiger partial charge on any atom is -0.489 e. The Bertz CT molecular complexity index is 496. The monoisotopic (exact) mass is 319 g/mol. The van der Waals surface area contributed by atoms with Gasteiger partial charge in [-0.1, -0.05) is 6.08 Å². The van der Waals surface area contributed by atoms with Crippen LogP contribution in [-0.2, 0) is 9.47 Å². The van der Waals surface area contributed by atoms with Gasteiger partial charge in [-0.25, -0.2) is 0 Å². The van der Waals surface area contributed by atoms with Crippen molar-refractivity contribution in [3.63, 3.8) is 0 Å². The highest BCUT2D eigenvalue weighted by atomic mass is 16.5. The van der Waals surface area contributed by atoms with Crippen LogP contribution in [0.2, 0.25) is 0 Å². The number of ether oxygens (including phenoxy) is 3. The van der Waals surface area contributed by atoms with Crippen LogP contribution in [0.3, 0.4) is 0 Å². The largest absolute Gasteiger partial charge is 0.489 e. The molecule has 1 fully saturated rings. The number of hydrogen-bond acceptors (Lipinski definition) is 4. The van der Waals surface area contributed by atoms with Crippen LogP contribution in [-0.4, -0.2) is 35.5 Å². The third-order valence-electron chi connectivity index (χ3n) is 3.45. The summed E-state index contributed by atoms with van der Waals surface area (Å²) in [5, 5.41) is 0. The van der Waals surface area contributed by atoms with Gasteiger partial charge >= 0.3 is 0 Å². The Morgan fingerprint density at radius 3 is 2.52 bits per heavy atom. The highest BCUT2D eigenvalue weighted by molar-refractivity contribution is 5.45. The molecule has 0 radical (unpaired) electrons. The van der Waals surface area contributed by atoms with Gasteiger partial charge in [-0.2, -0.15) is 0 Å². The Morgan fingerprint density at radius 1 is 1.22 bits per heavy atom. The highest BCUT2D eigenvalue weighted by Crippen LogP contribution is 2.30. The second-order valence-electron chi connectivity index (χ2n) is 7.27. The van der Waals surface area contributed by atoms with E-state index in [1.54, 1.807) is 6.20 Å². The van der Waals surface area contributed by atoms with Gasteiger partial charge in [0.15, 0.2) is 0 Å². The molecule has 4 heteroatoms. The fourth-order valence-electron chi connectivity index (χ4n) is 2.38. The minimum absolute atomic E-state index is 0.0789. The summed E-state index contributed by atoms with van der Waals surface area (Å²) in [6, 6.07) is 3.93. The number of pyridine rings is 1. The Hall–Kier alpha value is -1.39. The van der Waals surface area contributed by atoms with Gasteiger partial charge in [0.1, 0.15) is 11.9 Å². The molecule has 1 aromatic heterocycles. The third kappa shape index (κ3) is 6.71. The summed E-state index contributed by atoms with van der Waals surface area (Å²) in [5.41, 5.74) is 0.831. The molecule has 0 spiro atoms. The van der Waals surface area contributed by atoms with Crippen LogP contribution >= 0.6 is 0 Å². The first-order valence-electron chi connectivity index (χ1n) is 8.40. The van der Waals surface area contributed by atoms with Crippen molar-refractivity contribution in [1.29, 1.82) is 0 Å². The molecular weight excluding hydrogens is 290 g/mol. The maximum absolute atomic E-state index is 5.92. The van der Waals surface area contributed by atoms with Crippen LogP contribution in [0, 0.1) is 0 Å². The van der Waals surface area contributed by atoms with E-state index in [-0.39, 0.29) is 17.8 Å². The predicted octanol–water partition coefficient (Wildman–Crippen LogP) is 4.24. The SMILES string of the molecule is CC(C)OC/C=C/c1ccc(OC2CC(OC(C)(C)C)C2)cn1. The lowest BCUT2D eigenvalue weighted by atomic mass is 9.91. The van der Waals surface area contributed by atoms with Gasteiger partial charge in [0.2, 0.25) is 0 Å². The molecule has 0 aliphatic heterocycles. The van der Waals surface area contributed by atoms with Crippen molar-refractivity contribution in [2.45, 2.75) is 71.4 Å². The standard InChI is InChI=1S/C19H29NO3/c1-14(2)21-10-6-7-15-8-9-16(13-20-15)22-17-11-18(12-17)23-19(3,4)5/h6-9,13-14,17-18H,10-12H2,1-5H3/b7-6+. The molecule has 0 atom stereocenters. The van der Waals surface area contributed by atoms with Crippen LogP contribution in [0.25, 0.3) is 6.08 Å². The first-order valence-corrected chi connectivity index (χ1v) is 8.40. The van der Waals surface area contributed by atoms with Crippen LogP contribution in [0.1, 0.15) is 53.2 Å². The van der Waals surface area contributed by atoms with E-state index in [9.17, 15) is 0 Å². The summed E-state index contributed by atoms with van der Waals surface area (Å²) >= 11 is 0. The van der Waals surface area contributed by atoms with E-state index in [2.05, 4.69) is 25.8 Å². The van der Waals surface area contributed by atoms with Gasteiger partial charge in [0, 0.05) is 12.8 Å². The normalized spacial score (nSPS) is 21.7. The van der Waals surface area contributed by atoms with Crippen LogP contribution in [0.4, 0.5) is 0 Å². The molecule has 1 aliphatic rings. The van der Waals surface area contributed by atoms with Crippen LogP contribution < -0.4 is 4.74 Å². The first kappa shape index (κ1) is 18.0. The molecule has 1 aromatic rings. The zero-order valence-corrected chi connectivity index (χ0v) is 14.9. The molecule has 0 unspecified atom stereocenters. The summed E-state index contributed by atoms with van der Waals surface area (Å²) < 4.78 is 17.3. The average molecular weight is 319 g/mol. The van der Waals surface area contributed by atoms with Crippen molar-refractivity contribution < 1.29 is 14.2 Å². The fourth-order valence-corrected chi connectivity index (χ4v) is 2.38. The lowest BCUT2D eigenvalue weighted by Crippen LogP contribution is -2.43. The van der Waals surface area contributed by atoms with E-state index in [0.29, 0.717) is 12.7 Å². The molecule has 1 saturated carbocycles. The molecule has 1 aliphatic carbocycles. The van der Waals surface area contributed by atoms with Gasteiger partial charge in [-0.3, -0.25) is 4.98 Å². The molecule has 0 aromatic carbocycles. The number of aromatic nitrogens is 1. The molecule has 4 nitrogen and oxygen atoms in total. The Morgan fingerprint density at radius 2 is 1.96 bits per heavy atom. The van der Waals surface area contributed by atoms with Crippen molar-refractivity contribution in [3.05, 3.63) is 30.1 Å². The lowest BCUT2D eigenvalue weighted by molar-refractivity contribution is -0.126. The summed E-state index contributed by atoms with van der Waals surface area (Å²) in [4.78, 5) is 4.39. The van der Waals surface area contributed by atoms with Gasteiger partial charge in [0.05, 0.1) is 36.3 Å². The molecule has 0 bridgehead atoms. The maximum Gasteiger partial charge on any atom is 0.138 e. The third-order valence-corrected chi connectivity index (χ3v) is 3.45. The van der Waals surface area contributed by atoms with Crippen molar-refractivity contribution in [1.82, 2.24) is 4.98 Å². The first-order chi connectivity index (χ1) is 10.8. The van der Waals surface area contributed by atoms with Crippen molar-refractivity contribution >= 4 is 6.08 Å². The lowest BCUT2D eigenvalue weighted by Gasteiger charge is -2.39. The van der Waals surface area contributed by atoms with Gasteiger partial charge in [0.25, 0.3) is 0 Å². The van der Waals surface area contributed by atoms with Crippen molar-refractivity contribution in [2.75, 3.05) is 6.61 Å². The Kier molecular flexibility index (Phi) is 6.19. The number of nitrogens with zero attached hydrogens (tertiary/aromatic N) is 1. The summed E-state index contributed by atoms with van der Waals surface area (Å²) in [7, 11) is 0. The molecule has 2 rings (SSSR count). The van der Waals surface area contributed by atoms with Crippen LogP contribution in [0.5, 0.6) is 5.75 Å². The topological polar surface area (TPSA) is 40.6 Å². The smallest absolute Gasteiger partial charge is 0.138 e. The maximum atomic E-state index is 5.92. The highest BCUT2D eigenvalue weighted by Gasteiger charge is 2.34. The number of hydrogen-bond donors (Lipinski definition) is 0. The van der Waals surface area contributed by atoms with E-state index in [1.807, 2.05) is 38.1 Å². The van der Waals surface area contributed by atoms with Gasteiger partial charge in [-0.15, -0.1) is 0 Å². The molecular formula is C19H29NO3. The number of rotatable bonds is 7. The summed E-state index contributed by atoms with van der Waals surface area (Å²) in [5.74, 6) is 0.819. The Balaban J connectivity index is 1.72. The van der Waals surface area contributed by atoms with Gasteiger partial charge < -0.3 is 14.2 Å². The second kappa shape index (κ2) is 7.93. The van der Waals surface area contributed by atoms with E-state index in [1.165, 1.54) is 0 Å². The Labute approximate surface area is 139 Å². The van der Waals surface area contributed by atoms with Crippen LogP contribution in [0.15, 0.2) is 24.4 Å². The predicted molar refractivity (Wildman–Crippen MR) is 92.6 cm³/mol. The van der Waals surface area contributed by atoms with Gasteiger partial charge in [-0.05, 0) is 52.8 Å². The average Bonchev–Trinajstić information content (AvgIpc) is 2.41. The van der Waals surface area contributed by atoms with E-state index < -0.39 is 0 Å². The summed E-state index contributed by atoms with van der Waals surface area (Å²) in [6.07, 6.45) is 8.42. The molecule has 0 amide bonds. The molecule has 0 saturated heterocycles. The molecule has 1 heterocycles. The molecule has 23 heavy (non-hydrogen) atoms. The van der Waals surface area contributed by atoms with Crippen molar-refractivity contribution in [2.24, 2.45) is 0 Å². The van der Waals surface area contributed by atoms with E-state index in [0.717, 1.165) is 24.3 Å². The minimum atomic E-state index is -0.0789. The second-order valence-corrected chi connectivity index (χ2v) is 7.27.